The highest BCUT2D eigenvalue weighted by Gasteiger charge is 2.21. The summed E-state index contributed by atoms with van der Waals surface area (Å²) in [7, 11) is 0. The van der Waals surface area contributed by atoms with E-state index >= 15 is 0 Å². The van der Waals surface area contributed by atoms with Crippen LogP contribution < -0.4 is 20.9 Å². The number of ether oxygens (including phenoxy) is 1. The standard InChI is InChI=1S/C22H26N4O3S/c1-4-29-16-8-6-15(7-9-16)23-22(28)25-19-14(3)18-20(30-19)24-17-10-5-13(2)11-12-26(17)21(18)27/h6-9,13H,4-5,10-12H2,1-3H3,(H2,23,25,28)/t13-/m0/s1. The highest BCUT2D eigenvalue weighted by Crippen LogP contribution is 2.33. The number of amides is 2. The number of hydrogen-bond acceptors (Lipinski definition) is 5. The van der Waals surface area contributed by atoms with Crippen molar-refractivity contribution < 1.29 is 9.53 Å². The van der Waals surface area contributed by atoms with Crippen molar-refractivity contribution in [1.82, 2.24) is 9.55 Å². The van der Waals surface area contributed by atoms with Crippen LogP contribution in [0.4, 0.5) is 15.5 Å². The molecule has 30 heavy (non-hydrogen) atoms. The lowest BCUT2D eigenvalue weighted by molar-refractivity contribution is 0.262. The van der Waals surface area contributed by atoms with Crippen LogP contribution in [0.2, 0.25) is 0 Å². The molecule has 2 N–H and O–H groups in total. The van der Waals surface area contributed by atoms with E-state index in [4.69, 9.17) is 9.72 Å². The summed E-state index contributed by atoms with van der Waals surface area (Å²) in [6, 6.07) is 6.83. The maximum Gasteiger partial charge on any atom is 0.324 e. The van der Waals surface area contributed by atoms with Gasteiger partial charge in [0.2, 0.25) is 0 Å². The lowest BCUT2D eigenvalue weighted by atomic mass is 10.0. The summed E-state index contributed by atoms with van der Waals surface area (Å²) in [5, 5.41) is 6.94. The number of aromatic nitrogens is 2. The molecule has 1 aromatic carbocycles. The van der Waals surface area contributed by atoms with Crippen molar-refractivity contribution in [2.45, 2.75) is 46.6 Å². The van der Waals surface area contributed by atoms with Gasteiger partial charge in [0.15, 0.2) is 0 Å². The van der Waals surface area contributed by atoms with Gasteiger partial charge in [0.1, 0.15) is 21.4 Å². The van der Waals surface area contributed by atoms with Crippen molar-refractivity contribution in [3.63, 3.8) is 0 Å². The summed E-state index contributed by atoms with van der Waals surface area (Å²) < 4.78 is 7.23. The van der Waals surface area contributed by atoms with Gasteiger partial charge in [-0.25, -0.2) is 9.78 Å². The molecule has 8 heteroatoms. The number of rotatable bonds is 4. The number of carbonyl (C=O) groups is 1. The van der Waals surface area contributed by atoms with Gasteiger partial charge in [0.05, 0.1) is 12.0 Å². The molecule has 0 saturated carbocycles. The molecular formula is C22H26N4O3S. The SMILES string of the molecule is CCOc1ccc(NC(=O)Nc2sc3nc4n(c(=O)c3c2C)CC[C@@H](C)CC4)cc1. The second kappa shape index (κ2) is 8.47. The van der Waals surface area contributed by atoms with E-state index in [1.165, 1.54) is 11.3 Å². The number of carbonyl (C=O) groups excluding carboxylic acids is 1. The quantitative estimate of drug-likeness (QED) is 0.629. The first kappa shape index (κ1) is 20.4. The van der Waals surface area contributed by atoms with Gasteiger partial charge in [-0.05, 0) is 62.4 Å². The van der Waals surface area contributed by atoms with Crippen LogP contribution in [0.5, 0.6) is 5.75 Å². The predicted octanol–water partition coefficient (Wildman–Crippen LogP) is 4.78. The van der Waals surface area contributed by atoms with Crippen molar-refractivity contribution in [2.75, 3.05) is 17.2 Å². The molecule has 158 valence electrons. The van der Waals surface area contributed by atoms with Gasteiger partial charge in [-0.3, -0.25) is 14.7 Å². The van der Waals surface area contributed by atoms with Gasteiger partial charge in [0, 0.05) is 18.7 Å². The third-order valence-corrected chi connectivity index (χ3v) is 6.59. The Morgan fingerprint density at radius 3 is 2.77 bits per heavy atom. The van der Waals surface area contributed by atoms with Crippen LogP contribution in [0.1, 0.15) is 38.1 Å². The van der Waals surface area contributed by atoms with Crippen molar-refractivity contribution in [2.24, 2.45) is 5.92 Å². The molecule has 0 fully saturated rings. The Morgan fingerprint density at radius 2 is 2.03 bits per heavy atom. The minimum Gasteiger partial charge on any atom is -0.494 e. The molecule has 4 rings (SSSR count). The largest absolute Gasteiger partial charge is 0.494 e. The molecular weight excluding hydrogens is 400 g/mol. The summed E-state index contributed by atoms with van der Waals surface area (Å²) in [4.78, 5) is 31.1. The van der Waals surface area contributed by atoms with Gasteiger partial charge in [-0.1, -0.05) is 18.3 Å². The van der Waals surface area contributed by atoms with Crippen LogP contribution >= 0.6 is 11.3 Å². The van der Waals surface area contributed by atoms with Crippen LogP contribution in [0.15, 0.2) is 29.1 Å². The third kappa shape index (κ3) is 4.05. The van der Waals surface area contributed by atoms with E-state index < -0.39 is 0 Å². The molecule has 2 aromatic heterocycles. The highest BCUT2D eigenvalue weighted by molar-refractivity contribution is 7.22. The van der Waals surface area contributed by atoms with E-state index in [0.717, 1.165) is 36.4 Å². The number of urea groups is 1. The predicted molar refractivity (Wildman–Crippen MR) is 121 cm³/mol. The molecule has 0 radical (unpaired) electrons. The Bertz CT molecular complexity index is 1130. The van der Waals surface area contributed by atoms with Crippen LogP contribution in [-0.4, -0.2) is 22.2 Å². The first-order valence-corrected chi connectivity index (χ1v) is 11.1. The van der Waals surface area contributed by atoms with E-state index in [0.29, 0.717) is 40.0 Å². The molecule has 0 aliphatic carbocycles. The maximum absolute atomic E-state index is 13.1. The van der Waals surface area contributed by atoms with Crippen LogP contribution in [0.3, 0.4) is 0 Å². The zero-order valence-electron chi connectivity index (χ0n) is 17.4. The van der Waals surface area contributed by atoms with Crippen molar-refractivity contribution in [1.29, 1.82) is 0 Å². The summed E-state index contributed by atoms with van der Waals surface area (Å²) >= 11 is 1.35. The molecule has 3 heterocycles. The zero-order chi connectivity index (χ0) is 21.3. The minimum absolute atomic E-state index is 0.00202. The highest BCUT2D eigenvalue weighted by atomic mass is 32.1. The number of hydrogen-bond donors (Lipinski definition) is 2. The smallest absolute Gasteiger partial charge is 0.324 e. The lowest BCUT2D eigenvalue weighted by Crippen LogP contribution is -2.24. The fraction of sp³-hybridized carbons (Fsp3) is 0.409. The number of nitrogens with one attached hydrogen (secondary N) is 2. The molecule has 1 aliphatic heterocycles. The average Bonchev–Trinajstić information content (AvgIpc) is 2.89. The Morgan fingerprint density at radius 1 is 1.27 bits per heavy atom. The fourth-order valence-electron chi connectivity index (χ4n) is 3.74. The third-order valence-electron chi connectivity index (χ3n) is 5.49. The molecule has 0 saturated heterocycles. The maximum atomic E-state index is 13.1. The van der Waals surface area contributed by atoms with Crippen LogP contribution in [0.25, 0.3) is 10.2 Å². The summed E-state index contributed by atoms with van der Waals surface area (Å²) in [5.41, 5.74) is 1.42. The van der Waals surface area contributed by atoms with E-state index in [2.05, 4.69) is 17.6 Å². The number of aryl methyl sites for hydroxylation is 2. The fourth-order valence-corrected chi connectivity index (χ4v) is 4.82. The first-order chi connectivity index (χ1) is 14.5. The normalized spacial score (nSPS) is 16.0. The van der Waals surface area contributed by atoms with E-state index in [9.17, 15) is 9.59 Å². The molecule has 0 unspecified atom stereocenters. The number of fused-ring (bicyclic) bond motifs is 2. The molecule has 1 aliphatic rings. The first-order valence-electron chi connectivity index (χ1n) is 10.3. The van der Waals surface area contributed by atoms with Gasteiger partial charge in [-0.15, -0.1) is 0 Å². The number of anilines is 2. The molecule has 3 aromatic rings. The second-order valence-corrected chi connectivity index (χ2v) is 8.69. The summed E-state index contributed by atoms with van der Waals surface area (Å²) in [6.45, 7) is 7.30. The molecule has 0 bridgehead atoms. The summed E-state index contributed by atoms with van der Waals surface area (Å²) in [6.07, 6.45) is 2.83. The van der Waals surface area contributed by atoms with Crippen molar-refractivity contribution in [3.05, 3.63) is 46.0 Å². The Balaban J connectivity index is 1.56. The molecule has 7 nitrogen and oxygen atoms in total. The molecule has 0 spiro atoms. The van der Waals surface area contributed by atoms with E-state index in [1.807, 2.05) is 30.5 Å². The average molecular weight is 427 g/mol. The number of benzene rings is 1. The number of nitrogens with zero attached hydrogens (tertiary/aromatic N) is 2. The Kier molecular flexibility index (Phi) is 5.76. The monoisotopic (exact) mass is 426 g/mol. The van der Waals surface area contributed by atoms with Crippen molar-refractivity contribution in [3.8, 4) is 5.75 Å². The van der Waals surface area contributed by atoms with Gasteiger partial charge >= 0.3 is 6.03 Å². The minimum atomic E-state index is -0.357. The van der Waals surface area contributed by atoms with Crippen molar-refractivity contribution >= 4 is 38.3 Å². The number of thiophene rings is 1. The zero-order valence-corrected chi connectivity index (χ0v) is 18.3. The topological polar surface area (TPSA) is 85.2 Å². The lowest BCUT2D eigenvalue weighted by Gasteiger charge is -2.09. The van der Waals surface area contributed by atoms with Gasteiger partial charge < -0.3 is 10.1 Å². The Labute approximate surface area is 179 Å². The Hall–Kier alpha value is -2.87. The second-order valence-electron chi connectivity index (χ2n) is 7.69. The van der Waals surface area contributed by atoms with E-state index in [-0.39, 0.29) is 11.6 Å². The summed E-state index contributed by atoms with van der Waals surface area (Å²) in [5.74, 6) is 2.20. The van der Waals surface area contributed by atoms with Crippen LogP contribution in [0, 0.1) is 12.8 Å². The van der Waals surface area contributed by atoms with Gasteiger partial charge in [-0.2, -0.15) is 0 Å². The molecule has 2 amide bonds. The van der Waals surface area contributed by atoms with Crippen LogP contribution in [-0.2, 0) is 13.0 Å². The van der Waals surface area contributed by atoms with Gasteiger partial charge in [0.25, 0.3) is 5.56 Å². The van der Waals surface area contributed by atoms with E-state index in [1.54, 1.807) is 12.1 Å². The molecule has 1 atom stereocenters.